The molecule has 5 heteroatoms. The minimum absolute atomic E-state index is 0.0185. The van der Waals surface area contributed by atoms with Gasteiger partial charge in [-0.25, -0.2) is 0 Å². The van der Waals surface area contributed by atoms with Gasteiger partial charge in [0.1, 0.15) is 0 Å². The van der Waals surface area contributed by atoms with Crippen LogP contribution in [-0.4, -0.2) is 44.2 Å². The first kappa shape index (κ1) is 15.8. The predicted molar refractivity (Wildman–Crippen MR) is 87.9 cm³/mol. The van der Waals surface area contributed by atoms with E-state index in [2.05, 4.69) is 53.8 Å². The third-order valence-corrected chi connectivity index (χ3v) is 3.92. The van der Waals surface area contributed by atoms with Crippen LogP contribution in [0.3, 0.4) is 0 Å². The summed E-state index contributed by atoms with van der Waals surface area (Å²) in [6.45, 7) is 9.84. The summed E-state index contributed by atoms with van der Waals surface area (Å²) in [6.07, 6.45) is 0. The predicted octanol–water partition coefficient (Wildman–Crippen LogP) is 1.42. The Bertz CT molecular complexity index is 448. The largest absolute Gasteiger partial charge is 0.372 e. The number of nitrogens with zero attached hydrogens (tertiary/aromatic N) is 1. The van der Waals surface area contributed by atoms with Crippen molar-refractivity contribution in [1.82, 2.24) is 10.6 Å². The maximum atomic E-state index is 12.2. The van der Waals surface area contributed by atoms with Crippen molar-refractivity contribution in [3.63, 3.8) is 0 Å². The highest BCUT2D eigenvalue weighted by Crippen LogP contribution is 2.17. The summed E-state index contributed by atoms with van der Waals surface area (Å²) in [7, 11) is 0. The lowest BCUT2D eigenvalue weighted by atomic mass is 10.1. The molecule has 1 amide bonds. The van der Waals surface area contributed by atoms with Crippen molar-refractivity contribution in [1.29, 1.82) is 0 Å². The maximum absolute atomic E-state index is 12.2. The van der Waals surface area contributed by atoms with Crippen molar-refractivity contribution in [2.24, 2.45) is 0 Å². The lowest BCUT2D eigenvalue weighted by molar-refractivity contribution is -0.118. The van der Waals surface area contributed by atoms with Crippen LogP contribution in [0.25, 0.3) is 0 Å². The quantitative estimate of drug-likeness (QED) is 0.768. The molecule has 1 aromatic carbocycles. The fourth-order valence-electron chi connectivity index (χ4n) is 2.54. The van der Waals surface area contributed by atoms with E-state index in [1.165, 1.54) is 5.69 Å². The molecule has 2 rings (SSSR count). The number of hydrogen-bond donors (Lipinski definition) is 3. The van der Waals surface area contributed by atoms with Crippen molar-refractivity contribution in [3.05, 3.63) is 24.3 Å². The van der Waals surface area contributed by atoms with E-state index in [1.54, 1.807) is 0 Å². The van der Waals surface area contributed by atoms with E-state index >= 15 is 0 Å². The second-order valence-corrected chi connectivity index (χ2v) is 5.48. The maximum Gasteiger partial charge on any atom is 0.242 e. The normalized spacial score (nSPS) is 21.9. The van der Waals surface area contributed by atoms with Gasteiger partial charge in [-0.1, -0.05) is 0 Å². The molecule has 116 valence electrons. The lowest BCUT2D eigenvalue weighted by Crippen LogP contribution is -2.57. The summed E-state index contributed by atoms with van der Waals surface area (Å²) >= 11 is 0. The zero-order valence-corrected chi connectivity index (χ0v) is 13.1. The van der Waals surface area contributed by atoms with E-state index in [1.807, 2.05) is 12.1 Å². The molecule has 1 aliphatic heterocycles. The van der Waals surface area contributed by atoms with Crippen molar-refractivity contribution in [2.75, 3.05) is 36.4 Å². The van der Waals surface area contributed by atoms with Crippen LogP contribution in [-0.2, 0) is 4.79 Å². The van der Waals surface area contributed by atoms with E-state index in [9.17, 15) is 4.79 Å². The molecule has 2 unspecified atom stereocenters. The van der Waals surface area contributed by atoms with Gasteiger partial charge in [0.2, 0.25) is 5.91 Å². The zero-order chi connectivity index (χ0) is 15.2. The van der Waals surface area contributed by atoms with Crippen LogP contribution in [0.5, 0.6) is 0 Å². The molecular weight excluding hydrogens is 264 g/mol. The van der Waals surface area contributed by atoms with Gasteiger partial charge in [-0.3, -0.25) is 4.79 Å². The van der Waals surface area contributed by atoms with Gasteiger partial charge in [0.25, 0.3) is 0 Å². The molecule has 3 N–H and O–H groups in total. The van der Waals surface area contributed by atoms with Crippen molar-refractivity contribution < 1.29 is 4.79 Å². The van der Waals surface area contributed by atoms with Crippen LogP contribution in [0, 0.1) is 0 Å². The zero-order valence-electron chi connectivity index (χ0n) is 13.1. The highest BCUT2D eigenvalue weighted by atomic mass is 16.2. The number of anilines is 2. The van der Waals surface area contributed by atoms with E-state index in [-0.39, 0.29) is 11.9 Å². The summed E-state index contributed by atoms with van der Waals surface area (Å²) in [4.78, 5) is 14.5. The SMILES string of the molecule is CCN(CC)c1ccc(NC(=O)C2CNC(C)CN2)cc1. The Morgan fingerprint density at radius 3 is 2.38 bits per heavy atom. The van der Waals surface area contributed by atoms with Gasteiger partial charge in [-0.2, -0.15) is 0 Å². The van der Waals surface area contributed by atoms with Crippen LogP contribution in [0.1, 0.15) is 20.8 Å². The molecule has 0 saturated carbocycles. The van der Waals surface area contributed by atoms with Crippen LogP contribution in [0.2, 0.25) is 0 Å². The van der Waals surface area contributed by atoms with Crippen molar-refractivity contribution in [2.45, 2.75) is 32.9 Å². The number of carbonyl (C=O) groups excluding carboxylic acids is 1. The fourth-order valence-corrected chi connectivity index (χ4v) is 2.54. The lowest BCUT2D eigenvalue weighted by Gasteiger charge is -2.28. The molecule has 5 nitrogen and oxygen atoms in total. The van der Waals surface area contributed by atoms with Gasteiger partial charge in [-0.15, -0.1) is 0 Å². The molecule has 1 heterocycles. The number of amides is 1. The average Bonchev–Trinajstić information content (AvgIpc) is 2.51. The topological polar surface area (TPSA) is 56.4 Å². The van der Waals surface area contributed by atoms with E-state index < -0.39 is 0 Å². The summed E-state index contributed by atoms with van der Waals surface area (Å²) in [5, 5.41) is 9.53. The molecule has 0 aromatic heterocycles. The van der Waals surface area contributed by atoms with Crippen molar-refractivity contribution >= 4 is 17.3 Å². The first-order valence-corrected chi connectivity index (χ1v) is 7.76. The Morgan fingerprint density at radius 1 is 1.19 bits per heavy atom. The standard InChI is InChI=1S/C16H26N4O/c1-4-20(5-2)14-8-6-13(7-9-14)19-16(21)15-11-17-12(3)10-18-15/h6-9,12,15,17-18H,4-5,10-11H2,1-3H3,(H,19,21). The van der Waals surface area contributed by atoms with Crippen molar-refractivity contribution in [3.8, 4) is 0 Å². The first-order chi connectivity index (χ1) is 10.1. The van der Waals surface area contributed by atoms with Gasteiger partial charge < -0.3 is 20.9 Å². The number of piperazine rings is 1. The van der Waals surface area contributed by atoms with Crippen LogP contribution >= 0.6 is 0 Å². The van der Waals surface area contributed by atoms with Gasteiger partial charge in [0.15, 0.2) is 0 Å². The Kier molecular flexibility index (Phi) is 5.59. The van der Waals surface area contributed by atoms with Crippen LogP contribution < -0.4 is 20.9 Å². The Hall–Kier alpha value is -1.59. The Balaban J connectivity index is 1.92. The summed E-state index contributed by atoms with van der Waals surface area (Å²) in [5.74, 6) is 0.0185. The molecule has 1 saturated heterocycles. The van der Waals surface area contributed by atoms with E-state index in [0.717, 1.165) is 25.3 Å². The number of nitrogens with one attached hydrogen (secondary N) is 3. The molecule has 0 radical (unpaired) electrons. The van der Waals surface area contributed by atoms with Gasteiger partial charge >= 0.3 is 0 Å². The molecule has 1 aliphatic rings. The Labute approximate surface area is 127 Å². The average molecular weight is 290 g/mol. The molecule has 1 aromatic rings. The van der Waals surface area contributed by atoms with E-state index in [0.29, 0.717) is 12.6 Å². The highest BCUT2D eigenvalue weighted by molar-refractivity contribution is 5.95. The smallest absolute Gasteiger partial charge is 0.242 e. The number of hydrogen-bond acceptors (Lipinski definition) is 4. The number of carbonyl (C=O) groups is 1. The monoisotopic (exact) mass is 290 g/mol. The minimum atomic E-state index is -0.163. The highest BCUT2D eigenvalue weighted by Gasteiger charge is 2.23. The number of benzene rings is 1. The molecule has 0 spiro atoms. The van der Waals surface area contributed by atoms with Crippen LogP contribution in [0.15, 0.2) is 24.3 Å². The minimum Gasteiger partial charge on any atom is -0.372 e. The second kappa shape index (κ2) is 7.43. The summed E-state index contributed by atoms with van der Waals surface area (Å²) < 4.78 is 0. The Morgan fingerprint density at radius 2 is 1.86 bits per heavy atom. The van der Waals surface area contributed by atoms with Gasteiger partial charge in [0, 0.05) is 43.6 Å². The van der Waals surface area contributed by atoms with Crippen LogP contribution in [0.4, 0.5) is 11.4 Å². The molecule has 0 aliphatic carbocycles. The number of rotatable bonds is 5. The molecule has 2 atom stereocenters. The first-order valence-electron chi connectivity index (χ1n) is 7.76. The molecule has 0 bridgehead atoms. The molecular formula is C16H26N4O. The van der Waals surface area contributed by atoms with E-state index in [4.69, 9.17) is 0 Å². The molecule has 1 fully saturated rings. The third kappa shape index (κ3) is 4.19. The second-order valence-electron chi connectivity index (χ2n) is 5.48. The summed E-state index contributed by atoms with van der Waals surface area (Å²) in [5.41, 5.74) is 2.03. The summed E-state index contributed by atoms with van der Waals surface area (Å²) in [6, 6.07) is 8.29. The van der Waals surface area contributed by atoms with Gasteiger partial charge in [0.05, 0.1) is 6.04 Å². The molecule has 21 heavy (non-hydrogen) atoms. The fraction of sp³-hybridized carbons (Fsp3) is 0.562. The third-order valence-electron chi connectivity index (χ3n) is 3.92. The van der Waals surface area contributed by atoms with Gasteiger partial charge in [-0.05, 0) is 45.0 Å².